The average molecular weight is 462 g/mol. The molecule has 1 fully saturated rings. The normalized spacial score (nSPS) is 18.1. The molecule has 1 saturated heterocycles. The number of piperazine rings is 1. The van der Waals surface area contributed by atoms with E-state index < -0.39 is 10.0 Å². The van der Waals surface area contributed by atoms with Crippen molar-refractivity contribution in [3.8, 4) is 22.3 Å². The molecule has 0 bridgehead atoms. The summed E-state index contributed by atoms with van der Waals surface area (Å²) in [4.78, 5) is 7.98. The Morgan fingerprint density at radius 2 is 1.84 bits per heavy atom. The van der Waals surface area contributed by atoms with Crippen LogP contribution in [0.3, 0.4) is 0 Å². The predicted octanol–water partition coefficient (Wildman–Crippen LogP) is 3.07. The van der Waals surface area contributed by atoms with Crippen LogP contribution in [0.5, 0.6) is 11.5 Å². The molecule has 4 heterocycles. The van der Waals surface area contributed by atoms with E-state index in [1.807, 2.05) is 17.5 Å². The first-order valence-corrected chi connectivity index (χ1v) is 12.5. The molecule has 2 aromatic heterocycles. The zero-order valence-corrected chi connectivity index (χ0v) is 18.5. The molecule has 0 N–H and O–H groups in total. The molecule has 10 heteroatoms. The fourth-order valence-electron chi connectivity index (χ4n) is 3.70. The summed E-state index contributed by atoms with van der Waals surface area (Å²) in [5.74, 6) is 1.71. The highest BCUT2D eigenvalue weighted by Gasteiger charge is 2.30. The van der Waals surface area contributed by atoms with Gasteiger partial charge in [-0.1, -0.05) is 6.07 Å². The van der Waals surface area contributed by atoms with Gasteiger partial charge in [-0.25, -0.2) is 13.4 Å². The van der Waals surface area contributed by atoms with E-state index in [0.29, 0.717) is 63.3 Å². The van der Waals surface area contributed by atoms with Crippen molar-refractivity contribution in [1.29, 1.82) is 0 Å². The van der Waals surface area contributed by atoms with Gasteiger partial charge < -0.3 is 13.9 Å². The Morgan fingerprint density at radius 1 is 1.03 bits per heavy atom. The minimum Gasteiger partial charge on any atom is -0.490 e. The summed E-state index contributed by atoms with van der Waals surface area (Å²) in [6, 6.07) is 8.79. The summed E-state index contributed by atoms with van der Waals surface area (Å²) in [5, 5.41) is 1.99. The quantitative estimate of drug-likeness (QED) is 0.577. The van der Waals surface area contributed by atoms with Gasteiger partial charge in [0.1, 0.15) is 6.26 Å². The van der Waals surface area contributed by atoms with Crippen LogP contribution < -0.4 is 9.47 Å². The van der Waals surface area contributed by atoms with Crippen LogP contribution in [0.1, 0.15) is 12.1 Å². The number of benzene rings is 1. The van der Waals surface area contributed by atoms with Gasteiger partial charge in [0, 0.05) is 45.2 Å². The van der Waals surface area contributed by atoms with E-state index in [4.69, 9.17) is 13.9 Å². The van der Waals surface area contributed by atoms with Crippen LogP contribution in [-0.2, 0) is 16.6 Å². The Balaban J connectivity index is 1.22. The smallest absolute Gasteiger partial charge is 0.243 e. The lowest BCUT2D eigenvalue weighted by Gasteiger charge is -2.33. The zero-order valence-electron chi connectivity index (χ0n) is 16.9. The van der Waals surface area contributed by atoms with Crippen LogP contribution in [-0.4, -0.2) is 62.0 Å². The fourth-order valence-corrected chi connectivity index (χ4v) is 5.80. The van der Waals surface area contributed by atoms with Crippen molar-refractivity contribution in [2.45, 2.75) is 17.9 Å². The van der Waals surface area contributed by atoms with Crippen molar-refractivity contribution >= 4 is 21.4 Å². The molecule has 0 atom stereocenters. The fraction of sp³-hybridized carbons (Fsp3) is 0.381. The maximum atomic E-state index is 13.1. The summed E-state index contributed by atoms with van der Waals surface area (Å²) >= 11 is 1.59. The molecule has 0 spiro atoms. The largest absolute Gasteiger partial charge is 0.490 e. The summed E-state index contributed by atoms with van der Waals surface area (Å²) in [7, 11) is -3.59. The molecule has 0 unspecified atom stereocenters. The van der Waals surface area contributed by atoms with Gasteiger partial charge in [-0.15, -0.1) is 11.3 Å². The third-order valence-electron chi connectivity index (χ3n) is 5.36. The number of ether oxygens (including phenoxy) is 2. The third kappa shape index (κ3) is 4.33. The van der Waals surface area contributed by atoms with Gasteiger partial charge in [0.05, 0.1) is 28.7 Å². The first-order valence-electron chi connectivity index (χ1n) is 10.2. The van der Waals surface area contributed by atoms with Gasteiger partial charge in [-0.2, -0.15) is 4.31 Å². The molecule has 31 heavy (non-hydrogen) atoms. The van der Waals surface area contributed by atoms with Crippen molar-refractivity contribution in [2.24, 2.45) is 0 Å². The maximum absolute atomic E-state index is 13.1. The highest BCUT2D eigenvalue weighted by atomic mass is 32.2. The van der Waals surface area contributed by atoms with Crippen LogP contribution in [0, 0.1) is 0 Å². The van der Waals surface area contributed by atoms with Crippen LogP contribution >= 0.6 is 11.3 Å². The number of hydrogen-bond acceptors (Lipinski definition) is 8. The van der Waals surface area contributed by atoms with E-state index >= 15 is 0 Å². The second-order valence-electron chi connectivity index (χ2n) is 7.46. The lowest BCUT2D eigenvalue weighted by atomic mass is 10.3. The topological polar surface area (TPSA) is 85.1 Å². The minimum atomic E-state index is -3.59. The SMILES string of the molecule is O=S(=O)(c1ccc2c(c1)OCCCO2)N1CCN(Cc2coc(-c3cccs3)n2)CC1. The molecule has 2 aliphatic heterocycles. The molecule has 0 radical (unpaired) electrons. The van der Waals surface area contributed by atoms with Crippen molar-refractivity contribution in [3.05, 3.63) is 47.7 Å². The van der Waals surface area contributed by atoms with Gasteiger partial charge in [0.2, 0.25) is 15.9 Å². The van der Waals surface area contributed by atoms with E-state index in [0.717, 1.165) is 17.0 Å². The molecule has 2 aliphatic rings. The van der Waals surface area contributed by atoms with Gasteiger partial charge in [0.15, 0.2) is 11.5 Å². The maximum Gasteiger partial charge on any atom is 0.243 e. The van der Waals surface area contributed by atoms with E-state index in [2.05, 4.69) is 9.88 Å². The number of thiophene rings is 1. The Hall–Kier alpha value is -2.40. The number of rotatable bonds is 5. The molecule has 8 nitrogen and oxygen atoms in total. The minimum absolute atomic E-state index is 0.238. The monoisotopic (exact) mass is 461 g/mol. The number of sulfonamides is 1. The van der Waals surface area contributed by atoms with E-state index in [9.17, 15) is 8.42 Å². The number of hydrogen-bond donors (Lipinski definition) is 0. The lowest BCUT2D eigenvalue weighted by Crippen LogP contribution is -2.48. The van der Waals surface area contributed by atoms with Crippen LogP contribution in [0.15, 0.2) is 51.3 Å². The van der Waals surface area contributed by atoms with Crippen molar-refractivity contribution < 1.29 is 22.3 Å². The Labute approximate surface area is 185 Å². The Morgan fingerprint density at radius 3 is 2.61 bits per heavy atom. The average Bonchev–Trinajstić information content (AvgIpc) is 3.41. The molecular formula is C21H23N3O5S2. The van der Waals surface area contributed by atoms with Crippen molar-refractivity contribution in [2.75, 3.05) is 39.4 Å². The lowest BCUT2D eigenvalue weighted by molar-refractivity contribution is 0.180. The van der Waals surface area contributed by atoms with Crippen LogP contribution in [0.25, 0.3) is 10.8 Å². The predicted molar refractivity (Wildman–Crippen MR) is 116 cm³/mol. The molecule has 0 amide bonds. The van der Waals surface area contributed by atoms with Crippen molar-refractivity contribution in [3.63, 3.8) is 0 Å². The van der Waals surface area contributed by atoms with E-state index in [-0.39, 0.29) is 4.90 Å². The molecular weight excluding hydrogens is 438 g/mol. The number of fused-ring (bicyclic) bond motifs is 1. The Kier molecular flexibility index (Phi) is 5.70. The van der Waals surface area contributed by atoms with Gasteiger partial charge in [0.25, 0.3) is 0 Å². The molecule has 5 rings (SSSR count). The van der Waals surface area contributed by atoms with Gasteiger partial charge in [-0.05, 0) is 23.6 Å². The summed E-state index contributed by atoms with van der Waals surface area (Å²) in [6.07, 6.45) is 2.45. The zero-order chi connectivity index (χ0) is 21.3. The number of nitrogens with zero attached hydrogens (tertiary/aromatic N) is 3. The van der Waals surface area contributed by atoms with Crippen LogP contribution in [0.2, 0.25) is 0 Å². The summed E-state index contributed by atoms with van der Waals surface area (Å²) in [6.45, 7) is 3.83. The second-order valence-corrected chi connectivity index (χ2v) is 10.3. The highest BCUT2D eigenvalue weighted by molar-refractivity contribution is 7.89. The van der Waals surface area contributed by atoms with E-state index in [1.54, 1.807) is 35.8 Å². The molecule has 0 aliphatic carbocycles. The third-order valence-corrected chi connectivity index (χ3v) is 8.11. The first kappa shape index (κ1) is 20.5. The number of oxazole rings is 1. The second kappa shape index (κ2) is 8.62. The molecule has 3 aromatic rings. The number of aromatic nitrogens is 1. The van der Waals surface area contributed by atoms with Gasteiger partial charge >= 0.3 is 0 Å². The standard InChI is InChI=1S/C21H23N3O5S2/c25-31(26,17-4-5-18-19(13-17)28-11-2-10-27-18)24-8-6-23(7-9-24)14-16-15-29-21(22-16)20-3-1-12-30-20/h1,3-5,12-13,15H,2,6-11,14H2. The summed E-state index contributed by atoms with van der Waals surface area (Å²) < 4.78 is 44.7. The van der Waals surface area contributed by atoms with Crippen LogP contribution in [0.4, 0.5) is 0 Å². The molecule has 0 saturated carbocycles. The molecule has 1 aromatic carbocycles. The molecule has 164 valence electrons. The van der Waals surface area contributed by atoms with Gasteiger partial charge in [-0.3, -0.25) is 4.90 Å². The van der Waals surface area contributed by atoms with E-state index in [1.165, 1.54) is 4.31 Å². The first-order chi connectivity index (χ1) is 15.1. The Bertz CT molecular complexity index is 1140. The van der Waals surface area contributed by atoms with Crippen molar-refractivity contribution in [1.82, 2.24) is 14.2 Å². The summed E-state index contributed by atoms with van der Waals surface area (Å²) in [5.41, 5.74) is 0.850. The highest BCUT2D eigenvalue weighted by Crippen LogP contribution is 2.33.